The Labute approximate surface area is 149 Å². The molecule has 0 aliphatic carbocycles. The number of halogens is 5. The highest BCUT2D eigenvalue weighted by molar-refractivity contribution is 14.2. The van der Waals surface area contributed by atoms with Crippen LogP contribution in [0.25, 0.3) is 11.4 Å². The summed E-state index contributed by atoms with van der Waals surface area (Å²) in [4.78, 5) is 7.69. The zero-order valence-electron chi connectivity index (χ0n) is 11.0. The quantitative estimate of drug-likeness (QED) is 0.320. The number of rotatable bonds is 6. The van der Waals surface area contributed by atoms with E-state index in [0.717, 1.165) is 11.9 Å². The minimum Gasteiger partial charge on any atom is -0.360 e. The fourth-order valence-corrected chi connectivity index (χ4v) is 2.60. The fourth-order valence-electron chi connectivity index (χ4n) is 1.64. The molecule has 0 saturated heterocycles. The summed E-state index contributed by atoms with van der Waals surface area (Å²) >= 11 is 5.32. The van der Waals surface area contributed by atoms with Crippen molar-refractivity contribution in [1.29, 1.82) is 0 Å². The summed E-state index contributed by atoms with van der Waals surface area (Å²) in [5.41, 5.74) is -0.456. The van der Waals surface area contributed by atoms with Gasteiger partial charge in [0, 0.05) is 23.7 Å². The number of hydrogen-bond donors (Lipinski definition) is 0. The monoisotopic (exact) mass is 507 g/mol. The molecule has 120 valence electrons. The van der Waals surface area contributed by atoms with Gasteiger partial charge in [-0.05, 0) is 49.3 Å². The molecule has 2 rings (SSSR count). The van der Waals surface area contributed by atoms with Crippen LogP contribution in [0, 0.1) is 0 Å². The van der Waals surface area contributed by atoms with Crippen molar-refractivity contribution >= 4 is 46.1 Å². The summed E-state index contributed by atoms with van der Waals surface area (Å²) in [5, 5.41) is 0. The van der Waals surface area contributed by atoms with E-state index in [2.05, 4.69) is 47.1 Å². The van der Waals surface area contributed by atoms with Gasteiger partial charge in [0.2, 0.25) is 0 Å². The normalized spacial score (nSPS) is 11.9. The fraction of sp³-hybridized carbons (Fsp3) is 0.333. The molecule has 0 aliphatic heterocycles. The number of pyridine rings is 1. The van der Waals surface area contributed by atoms with Crippen molar-refractivity contribution in [3.05, 3.63) is 34.8 Å². The summed E-state index contributed by atoms with van der Waals surface area (Å²) in [6.45, 7) is 0.455. The van der Waals surface area contributed by atoms with Gasteiger partial charge in [-0.1, -0.05) is 8.93 Å². The molecule has 0 saturated carbocycles. The third-order valence-corrected chi connectivity index (χ3v) is 4.70. The topological polar surface area (TPSA) is 39.9 Å². The third kappa shape index (κ3) is 4.83. The maximum Gasteiger partial charge on any atom is 0.434 e. The lowest BCUT2D eigenvalue weighted by molar-refractivity contribution is -0.141. The van der Waals surface area contributed by atoms with Crippen LogP contribution in [0.3, 0.4) is 0 Å². The number of hydrogen-bond acceptors (Lipinski definition) is 4. The highest BCUT2D eigenvalue weighted by Gasteiger charge is 2.35. The second kappa shape index (κ2) is 7.97. The van der Waals surface area contributed by atoms with Gasteiger partial charge in [-0.15, -0.1) is 0 Å². The van der Waals surface area contributed by atoms with Gasteiger partial charge in [-0.3, -0.25) is 0 Å². The first kappa shape index (κ1) is 18.0. The summed E-state index contributed by atoms with van der Waals surface area (Å²) < 4.78 is 45.9. The van der Waals surface area contributed by atoms with Gasteiger partial charge in [-0.2, -0.15) is 13.2 Å². The zero-order valence-corrected chi connectivity index (χ0v) is 15.5. The van der Waals surface area contributed by atoms with Crippen molar-refractivity contribution in [1.82, 2.24) is 14.5 Å². The molecule has 22 heavy (non-hydrogen) atoms. The second-order valence-corrected chi connectivity index (χ2v) is 7.44. The summed E-state index contributed by atoms with van der Waals surface area (Å²) in [6.07, 6.45) is -2.08. The summed E-state index contributed by atoms with van der Waals surface area (Å²) in [5.74, 6) is 0.936. The average molecular weight is 508 g/mol. The Morgan fingerprint density at radius 2 is 2.14 bits per heavy atom. The van der Waals surface area contributed by atoms with Gasteiger partial charge in [0.1, 0.15) is 17.2 Å². The molecule has 2 aromatic heterocycles. The Morgan fingerprint density at radius 3 is 2.73 bits per heavy atom. The average Bonchev–Trinajstić information content (AvgIpc) is 2.89. The Kier molecular flexibility index (Phi) is 6.53. The van der Waals surface area contributed by atoms with E-state index in [9.17, 15) is 13.2 Å². The predicted molar refractivity (Wildman–Crippen MR) is 90.6 cm³/mol. The molecule has 4 nitrogen and oxygen atoms in total. The zero-order chi connectivity index (χ0) is 16.2. The minimum absolute atomic E-state index is 0.00563. The lowest BCUT2D eigenvalue weighted by atomic mass is 10.3. The second-order valence-electron chi connectivity index (χ2n) is 4.14. The van der Waals surface area contributed by atoms with E-state index in [1.807, 2.05) is 0 Å². The summed E-state index contributed by atoms with van der Waals surface area (Å²) in [6, 6.07) is 3.30. The molecule has 0 fully saturated rings. The van der Waals surface area contributed by atoms with Gasteiger partial charge in [0.05, 0.1) is 6.61 Å². The largest absolute Gasteiger partial charge is 0.434 e. The molecule has 0 atom stereocenters. The first-order valence-corrected chi connectivity index (χ1v) is 10.3. The number of imidazole rings is 1. The van der Waals surface area contributed by atoms with Crippen LogP contribution >= 0.6 is 46.1 Å². The number of alkyl halides is 3. The van der Waals surface area contributed by atoms with Crippen LogP contribution in [-0.4, -0.2) is 26.9 Å². The molecule has 0 amide bonds. The maximum absolute atomic E-state index is 12.9. The van der Waals surface area contributed by atoms with Crippen LogP contribution in [0.15, 0.2) is 29.1 Å². The molecule has 0 bridgehead atoms. The number of aromatic nitrogens is 3. The molecular formula is C12H10BrF3IN3OS. The van der Waals surface area contributed by atoms with E-state index in [1.54, 1.807) is 21.1 Å². The smallest absolute Gasteiger partial charge is 0.360 e. The van der Waals surface area contributed by atoms with Crippen LogP contribution in [-0.2, 0) is 17.6 Å². The van der Waals surface area contributed by atoms with Crippen LogP contribution in [0.5, 0.6) is 0 Å². The van der Waals surface area contributed by atoms with Gasteiger partial charge < -0.3 is 9.30 Å². The molecule has 0 radical (unpaired) electrons. The van der Waals surface area contributed by atoms with Crippen LogP contribution in [0.4, 0.5) is 13.2 Å². The molecule has 0 aromatic carbocycles. The Balaban J connectivity index is 2.29. The van der Waals surface area contributed by atoms with Crippen molar-refractivity contribution < 1.29 is 17.9 Å². The van der Waals surface area contributed by atoms with Crippen molar-refractivity contribution in [3.8, 4) is 11.4 Å². The van der Waals surface area contributed by atoms with E-state index in [-0.39, 0.29) is 12.6 Å². The molecule has 2 heterocycles. The Morgan fingerprint density at radius 1 is 1.36 bits per heavy atom. The maximum atomic E-state index is 12.9. The van der Waals surface area contributed by atoms with Crippen molar-refractivity contribution in [2.75, 3.05) is 12.4 Å². The predicted octanol–water partition coefficient (Wildman–Crippen LogP) is 4.78. The molecule has 0 aliphatic rings. The Hall–Kier alpha value is -0.330. The van der Waals surface area contributed by atoms with Crippen LogP contribution in [0.1, 0.15) is 5.69 Å². The first-order valence-electron chi connectivity index (χ1n) is 5.99. The molecule has 2 aromatic rings. The van der Waals surface area contributed by atoms with Gasteiger partial charge in [0.15, 0.2) is 5.69 Å². The number of nitrogens with zero attached hydrogens (tertiary/aromatic N) is 3. The van der Waals surface area contributed by atoms with Crippen molar-refractivity contribution in [2.45, 2.75) is 12.9 Å². The molecule has 10 heteroatoms. The standard InChI is InChI=1S/C12H10BrF3IN3OS/c13-10-2-1-8(5-18-10)11-19-9(12(14,15)16)6-20(11)7-21-3-4-22-17/h1-2,5-6H,3-4,7H2. The minimum atomic E-state index is -4.50. The van der Waals surface area contributed by atoms with E-state index in [0.29, 0.717) is 16.8 Å². The molecule has 0 unspecified atom stereocenters. The lowest BCUT2D eigenvalue weighted by Crippen LogP contribution is -2.06. The van der Waals surface area contributed by atoms with E-state index >= 15 is 0 Å². The van der Waals surface area contributed by atoms with E-state index in [4.69, 9.17) is 4.74 Å². The SMILES string of the molecule is FC(F)(F)c1cn(COCCSI)c(-c2ccc(Br)nc2)n1. The Bertz CT molecular complexity index is 621. The van der Waals surface area contributed by atoms with Crippen LogP contribution in [0.2, 0.25) is 0 Å². The van der Waals surface area contributed by atoms with Gasteiger partial charge >= 0.3 is 6.18 Å². The van der Waals surface area contributed by atoms with Crippen LogP contribution < -0.4 is 0 Å². The first-order chi connectivity index (χ1) is 10.4. The van der Waals surface area contributed by atoms with Crippen molar-refractivity contribution in [2.24, 2.45) is 0 Å². The van der Waals surface area contributed by atoms with Gasteiger partial charge in [-0.25, -0.2) is 9.97 Å². The number of ether oxygens (including phenoxy) is 1. The summed E-state index contributed by atoms with van der Waals surface area (Å²) in [7, 11) is 1.57. The highest BCUT2D eigenvalue weighted by atomic mass is 127. The van der Waals surface area contributed by atoms with E-state index < -0.39 is 11.9 Å². The van der Waals surface area contributed by atoms with E-state index in [1.165, 1.54) is 10.8 Å². The molecule has 0 N–H and O–H groups in total. The van der Waals surface area contributed by atoms with Gasteiger partial charge in [0.25, 0.3) is 0 Å². The molecular weight excluding hydrogens is 498 g/mol. The highest BCUT2D eigenvalue weighted by Crippen LogP contribution is 2.31. The molecule has 0 spiro atoms. The van der Waals surface area contributed by atoms with Crippen molar-refractivity contribution in [3.63, 3.8) is 0 Å². The third-order valence-electron chi connectivity index (χ3n) is 2.59. The lowest BCUT2D eigenvalue weighted by Gasteiger charge is -2.08.